The lowest BCUT2D eigenvalue weighted by atomic mass is 10.0. The molecular formula is C38H38ClF3N5O6+. The fourth-order valence-corrected chi connectivity index (χ4v) is 6.75. The van der Waals surface area contributed by atoms with Crippen molar-refractivity contribution in [2.24, 2.45) is 0 Å². The van der Waals surface area contributed by atoms with Crippen molar-refractivity contribution in [1.29, 1.82) is 0 Å². The highest BCUT2D eigenvalue weighted by Gasteiger charge is 2.55. The highest BCUT2D eigenvalue weighted by molar-refractivity contribution is 6.30. The minimum atomic E-state index is -5.47. The number of aryl methyl sites for hydroxylation is 1. The average molecular weight is 753 g/mol. The molecule has 0 N–H and O–H groups in total. The van der Waals surface area contributed by atoms with E-state index in [1.165, 1.54) is 59.5 Å². The number of benzene rings is 3. The minimum Gasteiger partial charge on any atom is -0.340 e. The maximum atomic E-state index is 14.5. The van der Waals surface area contributed by atoms with Crippen molar-refractivity contribution < 1.29 is 42.0 Å². The Kier molecular flexibility index (Phi) is 11.0. The van der Waals surface area contributed by atoms with Crippen molar-refractivity contribution in [1.82, 2.24) is 24.2 Å². The first-order valence-corrected chi connectivity index (χ1v) is 17.5. The molecule has 1 atom stereocenters. The molecule has 1 fully saturated rings. The number of piperazine rings is 1. The number of rotatable bonds is 8. The summed E-state index contributed by atoms with van der Waals surface area (Å²) in [7, 11) is 1.97. The number of quaternary nitrogens is 1. The molecule has 278 valence electrons. The van der Waals surface area contributed by atoms with Crippen LogP contribution in [0.1, 0.15) is 43.8 Å². The van der Waals surface area contributed by atoms with Crippen molar-refractivity contribution in [2.75, 3.05) is 52.9 Å². The molecule has 6 rings (SSSR count). The summed E-state index contributed by atoms with van der Waals surface area (Å²) in [4.78, 5) is 79.0. The zero-order valence-electron chi connectivity index (χ0n) is 29.0. The predicted molar refractivity (Wildman–Crippen MR) is 189 cm³/mol. The number of carbonyl (C=O) groups is 5. The lowest BCUT2D eigenvalue weighted by Crippen LogP contribution is -2.58. The Morgan fingerprint density at radius 3 is 1.98 bits per heavy atom. The van der Waals surface area contributed by atoms with Crippen molar-refractivity contribution in [3.63, 3.8) is 0 Å². The number of amides is 4. The molecule has 1 saturated heterocycles. The van der Waals surface area contributed by atoms with Crippen LogP contribution < -0.4 is 4.65 Å². The van der Waals surface area contributed by atoms with Crippen LogP contribution in [0.3, 0.4) is 0 Å². The number of halogens is 4. The van der Waals surface area contributed by atoms with Gasteiger partial charge in [0.25, 0.3) is 11.8 Å². The normalized spacial score (nSPS) is 19.2. The van der Waals surface area contributed by atoms with Gasteiger partial charge < -0.3 is 19.6 Å². The van der Waals surface area contributed by atoms with E-state index in [9.17, 15) is 37.1 Å². The Morgan fingerprint density at radius 2 is 1.36 bits per heavy atom. The van der Waals surface area contributed by atoms with Gasteiger partial charge in [-0.2, -0.15) is 13.2 Å². The van der Waals surface area contributed by atoms with Crippen molar-refractivity contribution >= 4 is 46.9 Å². The van der Waals surface area contributed by atoms with Crippen LogP contribution in [-0.4, -0.2) is 108 Å². The van der Waals surface area contributed by atoms with Crippen molar-refractivity contribution in [3.8, 4) is 0 Å². The third kappa shape index (κ3) is 8.45. The second-order valence-corrected chi connectivity index (χ2v) is 13.8. The van der Waals surface area contributed by atoms with Crippen LogP contribution in [-0.2, 0) is 38.7 Å². The van der Waals surface area contributed by atoms with E-state index in [0.717, 1.165) is 13.1 Å². The fourth-order valence-electron chi connectivity index (χ4n) is 6.63. The number of nitrogens with zero attached hydrogens (tertiary/aromatic N) is 5. The lowest BCUT2D eigenvalue weighted by molar-refractivity contribution is -0.235. The van der Waals surface area contributed by atoms with E-state index in [2.05, 4.69) is 4.90 Å². The summed E-state index contributed by atoms with van der Waals surface area (Å²) in [5.41, 5.74) is 1.49. The van der Waals surface area contributed by atoms with E-state index < -0.39 is 41.7 Å². The number of hydrogen-bond donors (Lipinski definition) is 0. The summed E-state index contributed by atoms with van der Waals surface area (Å²) >= 11 is 6.02. The lowest BCUT2D eigenvalue weighted by Gasteiger charge is -2.33. The van der Waals surface area contributed by atoms with Crippen LogP contribution in [0.15, 0.2) is 78.9 Å². The molecule has 3 heterocycles. The van der Waals surface area contributed by atoms with Gasteiger partial charge in [-0.3, -0.25) is 19.2 Å². The van der Waals surface area contributed by atoms with E-state index in [1.54, 1.807) is 21.9 Å². The molecule has 3 aromatic carbocycles. The molecule has 0 radical (unpaired) electrons. The number of likely N-dealkylation sites (N-methyl/N-ethyl adjacent to an activating group) is 1. The highest BCUT2D eigenvalue weighted by Crippen LogP contribution is 2.38. The van der Waals surface area contributed by atoms with Gasteiger partial charge in [0, 0.05) is 79.0 Å². The minimum absolute atomic E-state index is 0.0770. The van der Waals surface area contributed by atoms with Crippen LogP contribution >= 0.6 is 11.6 Å². The first-order valence-electron chi connectivity index (χ1n) is 17.1. The number of fused-ring (bicyclic) bond motifs is 1. The second kappa shape index (κ2) is 15.5. The third-order valence-electron chi connectivity index (χ3n) is 9.67. The summed E-state index contributed by atoms with van der Waals surface area (Å²) in [6, 6.07) is 16.6. The molecular weight excluding hydrogens is 715 g/mol. The molecule has 53 heavy (non-hydrogen) atoms. The number of alkyl halides is 3. The third-order valence-corrected chi connectivity index (χ3v) is 9.92. The van der Waals surface area contributed by atoms with Gasteiger partial charge in [-0.05, 0) is 60.1 Å². The quantitative estimate of drug-likeness (QED) is 0.241. The number of hydroxylamine groups is 2. The largest absolute Gasteiger partial charge is 0.497 e. The fraction of sp³-hybridized carbons (Fsp3) is 0.342. The Labute approximate surface area is 309 Å². The summed E-state index contributed by atoms with van der Waals surface area (Å²) in [6.45, 7) is 1.97. The molecule has 0 aliphatic carbocycles. The van der Waals surface area contributed by atoms with Crippen molar-refractivity contribution in [3.05, 3.63) is 112 Å². The first kappa shape index (κ1) is 37.7. The van der Waals surface area contributed by atoms with E-state index >= 15 is 0 Å². The molecule has 15 heteroatoms. The Bertz CT molecular complexity index is 1920. The van der Waals surface area contributed by atoms with Gasteiger partial charge in [0.2, 0.25) is 5.91 Å². The van der Waals surface area contributed by atoms with Gasteiger partial charge in [0.05, 0.1) is 6.54 Å². The van der Waals surface area contributed by atoms with Crippen LogP contribution in [0, 0.1) is 0 Å². The van der Waals surface area contributed by atoms with Gasteiger partial charge in [0.15, 0.2) is 12.2 Å². The van der Waals surface area contributed by atoms with Crippen LogP contribution in [0.4, 0.5) is 18.9 Å². The molecule has 1 unspecified atom stereocenters. The maximum absolute atomic E-state index is 14.5. The van der Waals surface area contributed by atoms with Crippen LogP contribution in [0.5, 0.6) is 0 Å². The zero-order valence-corrected chi connectivity index (χ0v) is 29.7. The number of hydrogen-bond acceptors (Lipinski definition) is 7. The van der Waals surface area contributed by atoms with Gasteiger partial charge in [-0.15, -0.1) is 0 Å². The summed E-state index contributed by atoms with van der Waals surface area (Å²) in [6.07, 6.45) is -1.47. The Morgan fingerprint density at radius 1 is 0.774 bits per heavy atom. The van der Waals surface area contributed by atoms with Gasteiger partial charge in [-0.1, -0.05) is 48.0 Å². The molecule has 0 aromatic heterocycles. The Hall–Kier alpha value is -5.05. The molecule has 3 aromatic rings. The van der Waals surface area contributed by atoms with E-state index in [4.69, 9.17) is 16.4 Å². The summed E-state index contributed by atoms with van der Waals surface area (Å²) in [5, 5.41) is 0.372. The summed E-state index contributed by atoms with van der Waals surface area (Å²) in [5.74, 6) is -4.55. The van der Waals surface area contributed by atoms with Crippen LogP contribution in [0.25, 0.3) is 0 Å². The van der Waals surface area contributed by atoms with Crippen molar-refractivity contribution in [2.45, 2.75) is 32.1 Å². The molecule has 0 bridgehead atoms. The molecule has 11 nitrogen and oxygen atoms in total. The van der Waals surface area contributed by atoms with E-state index in [1.807, 2.05) is 19.2 Å². The monoisotopic (exact) mass is 752 g/mol. The van der Waals surface area contributed by atoms with E-state index in [0.29, 0.717) is 42.3 Å². The standard InChI is InChI=1S/C38H38ClF3N5O6/c1-43-18-20-44(21-19-43)33(48)15-7-26-4-10-30-23-46(36(51)29-11-13-31(39)14-12-29)24-34(49)47(32(30)22-26,53-37(52)38(40,41)42)25-27-5-8-28(9-6-27)35(50)45-16-2-3-17-45/h2-6,8-14,22H,7,15-21,23-25H2,1H3/q+1. The molecule has 4 amide bonds. The Balaban J connectivity index is 1.39. The average Bonchev–Trinajstić information content (AvgIpc) is 3.65. The van der Waals surface area contributed by atoms with Gasteiger partial charge in [0.1, 0.15) is 6.54 Å². The first-order chi connectivity index (χ1) is 25.2. The predicted octanol–water partition coefficient (Wildman–Crippen LogP) is 4.77. The molecule has 0 saturated carbocycles. The highest BCUT2D eigenvalue weighted by atomic mass is 35.5. The molecule has 0 spiro atoms. The second-order valence-electron chi connectivity index (χ2n) is 13.4. The molecule has 3 aliphatic rings. The van der Waals surface area contributed by atoms with E-state index in [-0.39, 0.29) is 53.6 Å². The van der Waals surface area contributed by atoms with Crippen LogP contribution in [0.2, 0.25) is 5.02 Å². The maximum Gasteiger partial charge on any atom is 0.497 e. The SMILES string of the molecule is CN1CCN(C(=O)CCc2ccc3c(c2)[N+](Cc2ccc(C(=O)N4CC=CC4)cc2)(OC(=O)C(F)(F)F)C(=O)CN(C(=O)c2ccc(Cl)cc2)C3)CC1. The number of carbonyl (C=O) groups excluding carboxylic acids is 5. The zero-order chi connectivity index (χ0) is 37.9. The smallest absolute Gasteiger partial charge is 0.340 e. The molecule has 3 aliphatic heterocycles. The van der Waals surface area contributed by atoms with Gasteiger partial charge in [-0.25, -0.2) is 9.59 Å². The van der Waals surface area contributed by atoms with Gasteiger partial charge >= 0.3 is 18.1 Å². The topological polar surface area (TPSA) is 108 Å². The summed E-state index contributed by atoms with van der Waals surface area (Å²) < 4.78 is 40.4.